The molecule has 0 spiro atoms. The number of hydrogen-bond acceptors (Lipinski definition) is 9. The number of esters is 1. The molecule has 186 valence electrons. The molecule has 1 aliphatic heterocycles. The van der Waals surface area contributed by atoms with E-state index in [-0.39, 0.29) is 17.9 Å². The summed E-state index contributed by atoms with van der Waals surface area (Å²) in [5.74, 6) is 1.32. The number of amides is 1. The van der Waals surface area contributed by atoms with Crippen molar-refractivity contribution < 1.29 is 38.0 Å². The highest BCUT2D eigenvalue weighted by atomic mass is 16.6. The van der Waals surface area contributed by atoms with E-state index in [1.165, 1.54) is 39.7 Å². The third-order valence-corrected chi connectivity index (χ3v) is 5.16. The van der Waals surface area contributed by atoms with Crippen LogP contribution in [0.1, 0.15) is 15.9 Å². The summed E-state index contributed by atoms with van der Waals surface area (Å²) < 4.78 is 32.5. The Labute approximate surface area is 207 Å². The first-order chi connectivity index (χ1) is 17.5. The fraction of sp³-hybridized carbons (Fsp3) is 0.192. The number of carbonyl (C=O) groups is 2. The van der Waals surface area contributed by atoms with Gasteiger partial charge in [0, 0.05) is 0 Å². The third-order valence-electron chi connectivity index (χ3n) is 5.16. The van der Waals surface area contributed by atoms with Crippen LogP contribution in [0.4, 0.5) is 0 Å². The molecule has 3 aromatic rings. The molecule has 1 N–H and O–H groups in total. The van der Waals surface area contributed by atoms with Crippen molar-refractivity contribution in [2.24, 2.45) is 5.10 Å². The van der Waals surface area contributed by atoms with Crippen LogP contribution in [0.5, 0.6) is 34.5 Å². The van der Waals surface area contributed by atoms with Gasteiger partial charge in [-0.25, -0.2) is 10.2 Å². The van der Waals surface area contributed by atoms with Crippen molar-refractivity contribution in [3.8, 4) is 34.5 Å². The molecular formula is C26H24N2O8. The van der Waals surface area contributed by atoms with Crippen LogP contribution < -0.4 is 33.8 Å². The smallest absolute Gasteiger partial charge is 0.343 e. The maximum absolute atomic E-state index is 12.7. The average Bonchev–Trinajstić information content (AvgIpc) is 2.91. The van der Waals surface area contributed by atoms with E-state index in [1.54, 1.807) is 42.5 Å². The van der Waals surface area contributed by atoms with Crippen LogP contribution in [0.3, 0.4) is 0 Å². The minimum absolute atomic E-state index is 0.0741. The second-order valence-electron chi connectivity index (χ2n) is 7.47. The number of rotatable bonds is 8. The SMILES string of the molecule is COc1cc(C(=O)Oc2cccc(/C=N/NC(=O)C3COc4ccccc4O3)c2)cc(OC)c1OC. The van der Waals surface area contributed by atoms with Crippen molar-refractivity contribution in [1.29, 1.82) is 0 Å². The third kappa shape index (κ3) is 5.49. The van der Waals surface area contributed by atoms with Crippen molar-refractivity contribution in [2.75, 3.05) is 27.9 Å². The van der Waals surface area contributed by atoms with Gasteiger partial charge < -0.3 is 28.4 Å². The van der Waals surface area contributed by atoms with Gasteiger partial charge in [-0.1, -0.05) is 24.3 Å². The number of fused-ring (bicyclic) bond motifs is 1. The van der Waals surface area contributed by atoms with E-state index < -0.39 is 18.0 Å². The molecule has 3 aromatic carbocycles. The van der Waals surface area contributed by atoms with Gasteiger partial charge in [0.2, 0.25) is 11.9 Å². The number of carbonyl (C=O) groups excluding carboxylic acids is 2. The molecule has 4 rings (SSSR count). The summed E-state index contributed by atoms with van der Waals surface area (Å²) in [6.07, 6.45) is 0.592. The number of ether oxygens (including phenoxy) is 6. The lowest BCUT2D eigenvalue weighted by molar-refractivity contribution is -0.130. The van der Waals surface area contributed by atoms with Crippen LogP contribution >= 0.6 is 0 Å². The summed E-state index contributed by atoms with van der Waals surface area (Å²) in [6.45, 7) is 0.0741. The molecule has 1 unspecified atom stereocenters. The Balaban J connectivity index is 1.39. The number of para-hydroxylation sites is 2. The van der Waals surface area contributed by atoms with E-state index in [0.717, 1.165) is 0 Å². The van der Waals surface area contributed by atoms with Gasteiger partial charge in [-0.3, -0.25) is 4.79 Å². The molecule has 1 atom stereocenters. The number of hydrazone groups is 1. The lowest BCUT2D eigenvalue weighted by atomic mass is 10.1. The molecule has 0 aromatic heterocycles. The molecule has 1 heterocycles. The van der Waals surface area contributed by atoms with Crippen LogP contribution in [0, 0.1) is 0 Å². The zero-order valence-electron chi connectivity index (χ0n) is 19.8. The summed E-state index contributed by atoms with van der Waals surface area (Å²) in [5, 5.41) is 3.97. The molecule has 0 bridgehead atoms. The summed E-state index contributed by atoms with van der Waals surface area (Å²) in [7, 11) is 4.39. The molecule has 0 radical (unpaired) electrons. The van der Waals surface area contributed by atoms with E-state index in [9.17, 15) is 9.59 Å². The number of nitrogens with one attached hydrogen (secondary N) is 1. The number of nitrogens with zero attached hydrogens (tertiary/aromatic N) is 1. The van der Waals surface area contributed by atoms with Gasteiger partial charge in [-0.15, -0.1) is 0 Å². The van der Waals surface area contributed by atoms with E-state index in [0.29, 0.717) is 34.3 Å². The fourth-order valence-corrected chi connectivity index (χ4v) is 3.41. The van der Waals surface area contributed by atoms with Crippen LogP contribution in [0.25, 0.3) is 0 Å². The maximum atomic E-state index is 12.7. The van der Waals surface area contributed by atoms with Gasteiger partial charge >= 0.3 is 5.97 Å². The molecule has 0 saturated carbocycles. The Morgan fingerprint density at radius 1 is 0.944 bits per heavy atom. The van der Waals surface area contributed by atoms with Crippen molar-refractivity contribution in [2.45, 2.75) is 6.10 Å². The first-order valence-corrected chi connectivity index (χ1v) is 10.9. The summed E-state index contributed by atoms with van der Waals surface area (Å²) >= 11 is 0. The molecule has 0 fully saturated rings. The van der Waals surface area contributed by atoms with Crippen LogP contribution in [0.2, 0.25) is 0 Å². The zero-order chi connectivity index (χ0) is 25.5. The monoisotopic (exact) mass is 492 g/mol. The quantitative estimate of drug-likeness (QED) is 0.221. The summed E-state index contributed by atoms with van der Waals surface area (Å²) in [5.41, 5.74) is 3.24. The standard InChI is InChI=1S/C26H24N2O8/c1-31-21-12-17(13-22(32-2)24(21)33-3)26(30)35-18-8-6-7-16(11-18)14-27-28-25(29)23-15-34-19-9-4-5-10-20(19)36-23/h4-14,23H,15H2,1-3H3,(H,28,29)/b27-14+. The van der Waals surface area contributed by atoms with Crippen molar-refractivity contribution in [3.63, 3.8) is 0 Å². The van der Waals surface area contributed by atoms with Crippen molar-refractivity contribution in [3.05, 3.63) is 71.8 Å². The molecule has 1 aliphatic rings. The minimum Gasteiger partial charge on any atom is -0.493 e. The predicted molar refractivity (Wildman–Crippen MR) is 130 cm³/mol. The molecule has 0 saturated heterocycles. The topological polar surface area (TPSA) is 114 Å². The van der Waals surface area contributed by atoms with Gasteiger partial charge in [0.05, 0.1) is 33.1 Å². The minimum atomic E-state index is -0.831. The van der Waals surface area contributed by atoms with Gasteiger partial charge in [0.15, 0.2) is 23.0 Å². The summed E-state index contributed by atoms with van der Waals surface area (Å²) in [4.78, 5) is 25.1. The summed E-state index contributed by atoms with van der Waals surface area (Å²) in [6, 6.07) is 16.8. The Morgan fingerprint density at radius 2 is 1.67 bits per heavy atom. The Kier molecular flexibility index (Phi) is 7.54. The zero-order valence-corrected chi connectivity index (χ0v) is 19.8. The Bertz CT molecular complexity index is 1270. The number of methoxy groups -OCH3 is 3. The normalized spacial score (nSPS) is 14.1. The number of hydrogen-bond donors (Lipinski definition) is 1. The lowest BCUT2D eigenvalue weighted by Crippen LogP contribution is -2.42. The second kappa shape index (κ2) is 11.1. The van der Waals surface area contributed by atoms with Gasteiger partial charge in [-0.05, 0) is 42.0 Å². The van der Waals surface area contributed by atoms with E-state index in [4.69, 9.17) is 28.4 Å². The molecule has 0 aliphatic carbocycles. The van der Waals surface area contributed by atoms with Crippen LogP contribution in [0.15, 0.2) is 65.8 Å². The van der Waals surface area contributed by atoms with Crippen molar-refractivity contribution >= 4 is 18.1 Å². The highest BCUT2D eigenvalue weighted by Crippen LogP contribution is 2.38. The molecule has 1 amide bonds. The maximum Gasteiger partial charge on any atom is 0.343 e. The van der Waals surface area contributed by atoms with E-state index in [1.807, 2.05) is 6.07 Å². The second-order valence-corrected chi connectivity index (χ2v) is 7.47. The van der Waals surface area contributed by atoms with Gasteiger partial charge in [0.1, 0.15) is 12.4 Å². The molecule has 10 heteroatoms. The van der Waals surface area contributed by atoms with Crippen LogP contribution in [-0.4, -0.2) is 52.1 Å². The Morgan fingerprint density at radius 3 is 2.36 bits per heavy atom. The average molecular weight is 492 g/mol. The number of benzene rings is 3. The fourth-order valence-electron chi connectivity index (χ4n) is 3.41. The Hall–Kier alpha value is -4.73. The van der Waals surface area contributed by atoms with Crippen molar-refractivity contribution in [1.82, 2.24) is 5.43 Å². The van der Waals surface area contributed by atoms with Crippen LogP contribution in [-0.2, 0) is 4.79 Å². The highest BCUT2D eigenvalue weighted by molar-refractivity contribution is 5.93. The van der Waals surface area contributed by atoms with Gasteiger partial charge in [0.25, 0.3) is 5.91 Å². The van der Waals surface area contributed by atoms with Gasteiger partial charge in [-0.2, -0.15) is 5.10 Å². The molecular weight excluding hydrogens is 468 g/mol. The predicted octanol–water partition coefficient (Wildman–Crippen LogP) is 3.22. The molecule has 10 nitrogen and oxygen atoms in total. The first-order valence-electron chi connectivity index (χ1n) is 10.9. The highest BCUT2D eigenvalue weighted by Gasteiger charge is 2.27. The first kappa shape index (κ1) is 24.4. The van der Waals surface area contributed by atoms with E-state index in [2.05, 4.69) is 10.5 Å². The molecule has 36 heavy (non-hydrogen) atoms. The lowest BCUT2D eigenvalue weighted by Gasteiger charge is -2.24. The largest absolute Gasteiger partial charge is 0.493 e. The van der Waals surface area contributed by atoms with E-state index >= 15 is 0 Å².